The zero-order valence-electron chi connectivity index (χ0n) is 14.9. The van der Waals surface area contributed by atoms with Crippen LogP contribution in [0.1, 0.15) is 31.0 Å². The summed E-state index contributed by atoms with van der Waals surface area (Å²) >= 11 is 3.50. The predicted molar refractivity (Wildman–Crippen MR) is 106 cm³/mol. The first kappa shape index (κ1) is 17.4. The topological polar surface area (TPSA) is 58.4 Å². The average molecular weight is 415 g/mol. The first-order valence-electron chi connectivity index (χ1n) is 9.14. The quantitative estimate of drug-likeness (QED) is 0.691. The van der Waals surface area contributed by atoms with Gasteiger partial charge in [0.25, 0.3) is 5.78 Å². The van der Waals surface area contributed by atoms with Gasteiger partial charge in [-0.05, 0) is 37.0 Å². The van der Waals surface area contributed by atoms with Gasteiger partial charge >= 0.3 is 0 Å². The zero-order chi connectivity index (χ0) is 17.9. The molecule has 0 spiro atoms. The van der Waals surface area contributed by atoms with Crippen LogP contribution in [0, 0.1) is 0 Å². The van der Waals surface area contributed by atoms with Crippen LogP contribution in [-0.4, -0.2) is 43.6 Å². The summed E-state index contributed by atoms with van der Waals surface area (Å²) in [6.45, 7) is 5.32. The minimum Gasteiger partial charge on any atom is -0.367 e. The van der Waals surface area contributed by atoms with Crippen LogP contribution in [0.5, 0.6) is 0 Å². The Bertz CT molecular complexity index is 867. The smallest absolute Gasteiger partial charge is 0.254 e. The Labute approximate surface area is 161 Å². The maximum atomic E-state index is 4.51. The van der Waals surface area contributed by atoms with Crippen molar-refractivity contribution >= 4 is 27.5 Å². The van der Waals surface area contributed by atoms with Gasteiger partial charge in [0, 0.05) is 41.9 Å². The average Bonchev–Trinajstić information content (AvgIpc) is 3.14. The third-order valence-corrected chi connectivity index (χ3v) is 5.45. The molecule has 0 amide bonds. The SMILES string of the molecule is CCc1cc(NC2CCN(Cc3ccc(Br)cc3)CC2)n2ncnc2n1. The van der Waals surface area contributed by atoms with Crippen LogP contribution in [-0.2, 0) is 13.0 Å². The van der Waals surface area contributed by atoms with Crippen molar-refractivity contribution in [1.29, 1.82) is 0 Å². The molecule has 7 heteroatoms. The van der Waals surface area contributed by atoms with E-state index in [1.165, 1.54) is 5.56 Å². The molecule has 2 aromatic heterocycles. The minimum atomic E-state index is 0.454. The van der Waals surface area contributed by atoms with Crippen LogP contribution in [0.15, 0.2) is 41.1 Å². The molecule has 0 atom stereocenters. The second kappa shape index (κ2) is 7.72. The van der Waals surface area contributed by atoms with Gasteiger partial charge in [-0.15, -0.1) is 0 Å². The van der Waals surface area contributed by atoms with Crippen LogP contribution in [0.25, 0.3) is 5.78 Å². The summed E-state index contributed by atoms with van der Waals surface area (Å²) in [5, 5.41) is 7.97. The number of halogens is 1. The van der Waals surface area contributed by atoms with E-state index in [2.05, 4.69) is 78.5 Å². The number of hydrogen-bond acceptors (Lipinski definition) is 5. The number of aromatic nitrogens is 4. The molecule has 1 N–H and O–H groups in total. The number of fused-ring (bicyclic) bond motifs is 1. The lowest BCUT2D eigenvalue weighted by atomic mass is 10.0. The van der Waals surface area contributed by atoms with E-state index in [0.717, 1.165) is 54.9 Å². The second-order valence-corrected chi connectivity index (χ2v) is 7.70. The lowest BCUT2D eigenvalue weighted by Gasteiger charge is -2.32. The Morgan fingerprint density at radius 1 is 1.19 bits per heavy atom. The van der Waals surface area contributed by atoms with Gasteiger partial charge in [0.2, 0.25) is 0 Å². The van der Waals surface area contributed by atoms with Crippen LogP contribution in [0.4, 0.5) is 5.82 Å². The van der Waals surface area contributed by atoms with E-state index in [-0.39, 0.29) is 0 Å². The number of nitrogens with zero attached hydrogens (tertiary/aromatic N) is 5. The summed E-state index contributed by atoms with van der Waals surface area (Å²) in [5.41, 5.74) is 2.41. The van der Waals surface area contributed by atoms with Gasteiger partial charge in [-0.2, -0.15) is 14.6 Å². The molecule has 26 heavy (non-hydrogen) atoms. The molecular formula is C19H23BrN6. The molecule has 1 saturated heterocycles. The summed E-state index contributed by atoms with van der Waals surface area (Å²) in [4.78, 5) is 11.3. The third-order valence-electron chi connectivity index (χ3n) is 4.93. The predicted octanol–water partition coefficient (Wildman–Crippen LogP) is 3.53. The van der Waals surface area contributed by atoms with Crippen molar-refractivity contribution in [2.24, 2.45) is 0 Å². The number of piperidine rings is 1. The van der Waals surface area contributed by atoms with Crippen molar-refractivity contribution in [3.05, 3.63) is 52.4 Å². The van der Waals surface area contributed by atoms with Gasteiger partial charge in [0.05, 0.1) is 0 Å². The molecule has 136 valence electrons. The second-order valence-electron chi connectivity index (χ2n) is 6.78. The minimum absolute atomic E-state index is 0.454. The summed E-state index contributed by atoms with van der Waals surface area (Å²) in [5.74, 6) is 1.66. The van der Waals surface area contributed by atoms with Crippen LogP contribution < -0.4 is 5.32 Å². The van der Waals surface area contributed by atoms with Gasteiger partial charge in [-0.1, -0.05) is 35.0 Å². The Morgan fingerprint density at radius 3 is 2.69 bits per heavy atom. The molecule has 0 radical (unpaired) electrons. The van der Waals surface area contributed by atoms with Gasteiger partial charge in [0.1, 0.15) is 12.1 Å². The Hall–Kier alpha value is -1.99. The van der Waals surface area contributed by atoms with Gasteiger partial charge < -0.3 is 5.32 Å². The first-order chi connectivity index (χ1) is 12.7. The third kappa shape index (κ3) is 3.88. The number of nitrogens with one attached hydrogen (secondary N) is 1. The number of hydrogen-bond donors (Lipinski definition) is 1. The zero-order valence-corrected chi connectivity index (χ0v) is 16.5. The Balaban J connectivity index is 1.38. The molecule has 1 aliphatic heterocycles. The van der Waals surface area contributed by atoms with Gasteiger partial charge in [0.15, 0.2) is 0 Å². The Morgan fingerprint density at radius 2 is 1.96 bits per heavy atom. The maximum absolute atomic E-state index is 4.51. The highest BCUT2D eigenvalue weighted by Gasteiger charge is 2.20. The molecule has 1 fully saturated rings. The van der Waals surface area contributed by atoms with E-state index in [1.807, 2.05) is 0 Å². The fourth-order valence-corrected chi connectivity index (χ4v) is 3.70. The standard InChI is InChI=1S/C19H23BrN6/c1-2-16-11-18(26-19(24-16)21-13-22-26)23-17-7-9-25(10-8-17)12-14-3-5-15(20)6-4-14/h3-6,11,13,17,23H,2,7-10,12H2,1H3. The highest BCUT2D eigenvalue weighted by Crippen LogP contribution is 2.20. The number of likely N-dealkylation sites (tertiary alicyclic amines) is 1. The highest BCUT2D eigenvalue weighted by molar-refractivity contribution is 9.10. The highest BCUT2D eigenvalue weighted by atomic mass is 79.9. The maximum Gasteiger partial charge on any atom is 0.254 e. The number of aryl methyl sites for hydroxylation is 1. The van der Waals surface area contributed by atoms with Crippen LogP contribution in [0.2, 0.25) is 0 Å². The first-order valence-corrected chi connectivity index (χ1v) is 9.93. The van der Waals surface area contributed by atoms with E-state index in [1.54, 1.807) is 10.8 Å². The number of anilines is 1. The molecule has 0 saturated carbocycles. The molecule has 6 nitrogen and oxygen atoms in total. The molecule has 0 aliphatic carbocycles. The van der Waals surface area contributed by atoms with E-state index in [9.17, 15) is 0 Å². The molecular weight excluding hydrogens is 392 g/mol. The van der Waals surface area contributed by atoms with Crippen molar-refractivity contribution in [3.63, 3.8) is 0 Å². The lowest BCUT2D eigenvalue weighted by Crippen LogP contribution is -2.39. The fraction of sp³-hybridized carbons (Fsp3) is 0.421. The number of rotatable bonds is 5. The van der Waals surface area contributed by atoms with Gasteiger partial charge in [-0.25, -0.2) is 4.98 Å². The van der Waals surface area contributed by atoms with Crippen LogP contribution in [0.3, 0.4) is 0 Å². The molecule has 4 rings (SSSR count). The molecule has 0 bridgehead atoms. The Kier molecular flexibility index (Phi) is 5.17. The summed E-state index contributed by atoms with van der Waals surface area (Å²) < 4.78 is 2.93. The normalized spacial score (nSPS) is 16.2. The number of benzene rings is 1. The van der Waals surface area contributed by atoms with Crippen molar-refractivity contribution in [3.8, 4) is 0 Å². The van der Waals surface area contributed by atoms with E-state index in [4.69, 9.17) is 0 Å². The lowest BCUT2D eigenvalue weighted by molar-refractivity contribution is 0.211. The summed E-state index contributed by atoms with van der Waals surface area (Å²) in [6.07, 6.45) is 4.70. The molecule has 1 aliphatic rings. The van der Waals surface area contributed by atoms with E-state index in [0.29, 0.717) is 11.8 Å². The monoisotopic (exact) mass is 414 g/mol. The van der Waals surface area contributed by atoms with Gasteiger partial charge in [-0.3, -0.25) is 4.90 Å². The summed E-state index contributed by atoms with van der Waals surface area (Å²) in [7, 11) is 0. The van der Waals surface area contributed by atoms with Crippen molar-refractivity contribution in [2.75, 3.05) is 18.4 Å². The van der Waals surface area contributed by atoms with Crippen molar-refractivity contribution in [2.45, 2.75) is 38.8 Å². The molecule has 0 unspecified atom stereocenters. The van der Waals surface area contributed by atoms with E-state index >= 15 is 0 Å². The molecule has 3 aromatic rings. The summed E-state index contributed by atoms with van der Waals surface area (Å²) in [6, 6.07) is 11.2. The van der Waals surface area contributed by atoms with E-state index < -0.39 is 0 Å². The fourth-order valence-electron chi connectivity index (χ4n) is 3.44. The molecule has 3 heterocycles. The van der Waals surface area contributed by atoms with Crippen molar-refractivity contribution < 1.29 is 0 Å². The largest absolute Gasteiger partial charge is 0.367 e. The van der Waals surface area contributed by atoms with Crippen LogP contribution >= 0.6 is 15.9 Å². The molecule has 1 aromatic carbocycles. The van der Waals surface area contributed by atoms with Crippen molar-refractivity contribution in [1.82, 2.24) is 24.5 Å².